The fraction of sp³-hybridized carbons (Fsp3) is 0. The molecule has 0 N–H and O–H groups in total. The first kappa shape index (κ1) is 35.6. The van der Waals surface area contributed by atoms with Crippen molar-refractivity contribution in [3.8, 4) is 55.6 Å². The highest BCUT2D eigenvalue weighted by Gasteiger charge is 2.21. The number of hydrogen-bond acceptors (Lipinski definition) is 2. The Hall–Kier alpha value is -7.52. The van der Waals surface area contributed by atoms with Crippen LogP contribution in [-0.2, 0) is 0 Å². The molecule has 0 saturated heterocycles. The SMILES string of the molecule is c1ccc(-c2ccccc2-c2ccccc2-c2ccccc2N(c2ccc(-c3cccc4ccccc34)cc2)c2ccc(-c3cccc4c3sc3ccccc34)cc2)cc1. The van der Waals surface area contributed by atoms with E-state index in [1.54, 1.807) is 0 Å². The molecule has 0 amide bonds. The van der Waals surface area contributed by atoms with Crippen LogP contribution in [-0.4, -0.2) is 0 Å². The number of hydrogen-bond donors (Lipinski definition) is 0. The van der Waals surface area contributed by atoms with Crippen LogP contribution < -0.4 is 4.90 Å². The first-order valence-corrected chi connectivity index (χ1v) is 21.3. The van der Waals surface area contributed by atoms with Crippen LogP contribution in [0.25, 0.3) is 86.6 Å². The molecule has 0 fully saturated rings. The summed E-state index contributed by atoms with van der Waals surface area (Å²) < 4.78 is 2.64. The van der Waals surface area contributed by atoms with Crippen molar-refractivity contribution >= 4 is 59.3 Å². The van der Waals surface area contributed by atoms with Crippen molar-refractivity contribution < 1.29 is 0 Å². The molecule has 10 aromatic carbocycles. The second-order valence-corrected chi connectivity index (χ2v) is 16.3. The summed E-state index contributed by atoms with van der Waals surface area (Å²) in [6, 6.07) is 86.1. The van der Waals surface area contributed by atoms with Crippen LogP contribution in [0, 0.1) is 0 Å². The number of thiophene rings is 1. The van der Waals surface area contributed by atoms with Gasteiger partial charge in [0.1, 0.15) is 0 Å². The summed E-state index contributed by atoms with van der Waals surface area (Å²) in [5, 5.41) is 5.13. The third-order valence-corrected chi connectivity index (χ3v) is 13.0. The van der Waals surface area contributed by atoms with Gasteiger partial charge in [-0.2, -0.15) is 0 Å². The Balaban J connectivity index is 1.07. The van der Waals surface area contributed by atoms with Gasteiger partial charge < -0.3 is 4.90 Å². The number of benzene rings is 10. The fourth-order valence-corrected chi connectivity index (χ4v) is 10.1. The van der Waals surface area contributed by atoms with Gasteiger partial charge in [-0.25, -0.2) is 0 Å². The van der Waals surface area contributed by atoms with Crippen molar-refractivity contribution in [3.05, 3.63) is 237 Å². The van der Waals surface area contributed by atoms with Gasteiger partial charge in [-0.1, -0.05) is 200 Å². The molecule has 1 nitrogen and oxygen atoms in total. The third kappa shape index (κ3) is 6.35. The van der Waals surface area contributed by atoms with Crippen LogP contribution in [0.3, 0.4) is 0 Å². The molecular weight excluding hydrogens is 743 g/mol. The lowest BCUT2D eigenvalue weighted by molar-refractivity contribution is 1.28. The maximum atomic E-state index is 2.42. The molecular formula is C58H39NS. The van der Waals surface area contributed by atoms with Gasteiger partial charge in [-0.05, 0) is 97.2 Å². The average molecular weight is 782 g/mol. The molecule has 0 saturated carbocycles. The van der Waals surface area contributed by atoms with E-state index in [2.05, 4.69) is 241 Å². The van der Waals surface area contributed by atoms with E-state index in [4.69, 9.17) is 0 Å². The zero-order valence-electron chi connectivity index (χ0n) is 32.9. The number of anilines is 3. The minimum atomic E-state index is 1.09. The summed E-state index contributed by atoms with van der Waals surface area (Å²) in [5.41, 5.74) is 15.4. The van der Waals surface area contributed by atoms with Crippen molar-refractivity contribution in [1.82, 2.24) is 0 Å². The smallest absolute Gasteiger partial charge is 0.0540 e. The van der Waals surface area contributed by atoms with Crippen molar-refractivity contribution in [3.63, 3.8) is 0 Å². The van der Waals surface area contributed by atoms with Crippen molar-refractivity contribution in [2.75, 3.05) is 4.90 Å². The molecule has 60 heavy (non-hydrogen) atoms. The Bertz CT molecular complexity index is 3300. The third-order valence-electron chi connectivity index (χ3n) is 11.7. The number of nitrogens with zero attached hydrogens (tertiary/aromatic N) is 1. The minimum Gasteiger partial charge on any atom is -0.310 e. The molecule has 0 aliphatic carbocycles. The van der Waals surface area contributed by atoms with Crippen LogP contribution >= 0.6 is 11.3 Å². The second kappa shape index (κ2) is 15.3. The second-order valence-electron chi connectivity index (χ2n) is 15.2. The standard InChI is InChI=1S/C58H39NS/c1-2-16-40(17-3-1)48-21-6-7-22-50(48)51-23-8-9-24-52(51)53-25-10-12-30-56(53)59(44-36-32-42(33-37-44)47-27-14-19-41-18-4-5-20-46(41)47)45-38-34-43(35-39-45)49-28-15-29-55-54-26-11-13-31-57(54)60-58(49)55/h1-39H. The van der Waals surface area contributed by atoms with Crippen LogP contribution in [0.1, 0.15) is 0 Å². The summed E-state index contributed by atoms with van der Waals surface area (Å²) in [7, 11) is 0. The van der Waals surface area contributed by atoms with E-state index in [0.29, 0.717) is 0 Å². The average Bonchev–Trinajstić information content (AvgIpc) is 3.72. The van der Waals surface area contributed by atoms with Gasteiger partial charge in [0, 0.05) is 37.1 Å². The molecule has 1 aromatic heterocycles. The quantitative estimate of drug-likeness (QED) is 0.148. The maximum absolute atomic E-state index is 2.42. The van der Waals surface area contributed by atoms with Crippen LogP contribution in [0.5, 0.6) is 0 Å². The van der Waals surface area contributed by atoms with Crippen LogP contribution in [0.4, 0.5) is 17.1 Å². The Labute approximate surface area is 354 Å². The van der Waals surface area contributed by atoms with Gasteiger partial charge in [0.15, 0.2) is 0 Å². The van der Waals surface area contributed by atoms with Gasteiger partial charge in [0.05, 0.1) is 5.69 Å². The molecule has 0 aliphatic rings. The van der Waals surface area contributed by atoms with Gasteiger partial charge in [0.2, 0.25) is 0 Å². The monoisotopic (exact) mass is 781 g/mol. The van der Waals surface area contributed by atoms with Gasteiger partial charge in [-0.15, -0.1) is 11.3 Å². The minimum absolute atomic E-state index is 1.09. The van der Waals surface area contributed by atoms with E-state index in [1.165, 1.54) is 81.0 Å². The normalized spacial score (nSPS) is 11.3. The Morgan fingerprint density at radius 2 is 0.717 bits per heavy atom. The first-order valence-electron chi connectivity index (χ1n) is 20.5. The zero-order chi connectivity index (χ0) is 39.8. The molecule has 0 atom stereocenters. The topological polar surface area (TPSA) is 3.24 Å². The first-order chi connectivity index (χ1) is 29.8. The van der Waals surface area contributed by atoms with Crippen molar-refractivity contribution in [2.45, 2.75) is 0 Å². The van der Waals surface area contributed by atoms with E-state index in [-0.39, 0.29) is 0 Å². The molecule has 11 rings (SSSR count). The summed E-state index contributed by atoms with van der Waals surface area (Å²) in [5.74, 6) is 0. The molecule has 2 heteroatoms. The molecule has 0 bridgehead atoms. The Kier molecular flexibility index (Phi) is 9.11. The van der Waals surface area contributed by atoms with Gasteiger partial charge in [0.25, 0.3) is 0 Å². The van der Waals surface area contributed by atoms with E-state index in [1.807, 2.05) is 11.3 Å². The highest BCUT2D eigenvalue weighted by atomic mass is 32.1. The van der Waals surface area contributed by atoms with Crippen molar-refractivity contribution in [2.24, 2.45) is 0 Å². The highest BCUT2D eigenvalue weighted by molar-refractivity contribution is 7.26. The number of rotatable bonds is 8. The number of para-hydroxylation sites is 1. The summed E-state index contributed by atoms with van der Waals surface area (Å²) in [6.45, 7) is 0. The molecule has 1 heterocycles. The Morgan fingerprint density at radius 3 is 1.45 bits per heavy atom. The lowest BCUT2D eigenvalue weighted by Crippen LogP contribution is -2.11. The molecule has 0 unspecified atom stereocenters. The lowest BCUT2D eigenvalue weighted by Gasteiger charge is -2.29. The summed E-state index contributed by atoms with van der Waals surface area (Å²) >= 11 is 1.88. The van der Waals surface area contributed by atoms with Crippen LogP contribution in [0.2, 0.25) is 0 Å². The van der Waals surface area contributed by atoms with Gasteiger partial charge >= 0.3 is 0 Å². The predicted octanol–water partition coefficient (Wildman–Crippen LogP) is 17.0. The summed E-state index contributed by atoms with van der Waals surface area (Å²) in [4.78, 5) is 2.42. The number of fused-ring (bicyclic) bond motifs is 4. The maximum Gasteiger partial charge on any atom is 0.0540 e. The van der Waals surface area contributed by atoms with Crippen LogP contribution in [0.15, 0.2) is 237 Å². The van der Waals surface area contributed by atoms with E-state index < -0.39 is 0 Å². The van der Waals surface area contributed by atoms with Gasteiger partial charge in [-0.3, -0.25) is 0 Å². The molecule has 11 aromatic rings. The van der Waals surface area contributed by atoms with E-state index in [0.717, 1.165) is 22.6 Å². The molecule has 282 valence electrons. The fourth-order valence-electron chi connectivity index (χ4n) is 8.90. The van der Waals surface area contributed by atoms with E-state index in [9.17, 15) is 0 Å². The largest absolute Gasteiger partial charge is 0.310 e. The molecule has 0 spiro atoms. The summed E-state index contributed by atoms with van der Waals surface area (Å²) in [6.07, 6.45) is 0. The predicted molar refractivity (Wildman–Crippen MR) is 259 cm³/mol. The zero-order valence-corrected chi connectivity index (χ0v) is 33.7. The lowest BCUT2D eigenvalue weighted by atomic mass is 9.88. The van der Waals surface area contributed by atoms with Crippen molar-refractivity contribution in [1.29, 1.82) is 0 Å². The molecule has 0 radical (unpaired) electrons. The highest BCUT2D eigenvalue weighted by Crippen LogP contribution is 2.46. The van der Waals surface area contributed by atoms with E-state index >= 15 is 0 Å². The Morgan fingerprint density at radius 1 is 0.267 bits per heavy atom. The molecule has 0 aliphatic heterocycles.